The van der Waals surface area contributed by atoms with Gasteiger partial charge in [0, 0.05) is 29.3 Å². The van der Waals surface area contributed by atoms with Crippen LogP contribution in [0.25, 0.3) is 10.9 Å². The van der Waals surface area contributed by atoms with Crippen LogP contribution >= 0.6 is 0 Å². The van der Waals surface area contributed by atoms with Crippen LogP contribution in [0, 0.1) is 17.2 Å². The minimum absolute atomic E-state index is 0.0817. The third kappa shape index (κ3) is 4.70. The number of aliphatic hydroxyl groups is 1. The molecule has 3 heterocycles. The molecule has 1 aliphatic carbocycles. The quantitative estimate of drug-likeness (QED) is 0.578. The summed E-state index contributed by atoms with van der Waals surface area (Å²) >= 11 is 0. The highest BCUT2D eigenvalue weighted by Gasteiger charge is 2.28. The van der Waals surface area contributed by atoms with Crippen molar-refractivity contribution in [1.82, 2.24) is 14.9 Å². The van der Waals surface area contributed by atoms with Gasteiger partial charge in [0.1, 0.15) is 11.9 Å². The van der Waals surface area contributed by atoms with Gasteiger partial charge in [-0.1, -0.05) is 0 Å². The Morgan fingerprint density at radius 3 is 2.77 bits per heavy atom. The van der Waals surface area contributed by atoms with Gasteiger partial charge in [0.2, 0.25) is 0 Å². The van der Waals surface area contributed by atoms with E-state index in [1.807, 2.05) is 24.0 Å². The van der Waals surface area contributed by atoms with E-state index >= 15 is 0 Å². The Balaban J connectivity index is 1.46. The zero-order chi connectivity index (χ0) is 24.5. The first-order chi connectivity index (χ1) is 16.9. The molecular weight excluding hydrogens is 442 g/mol. The van der Waals surface area contributed by atoms with Crippen molar-refractivity contribution in [1.29, 1.82) is 5.26 Å². The van der Waals surface area contributed by atoms with Crippen molar-refractivity contribution in [2.75, 3.05) is 12.3 Å². The Morgan fingerprint density at radius 2 is 2.06 bits per heavy atom. The molecule has 0 unspecified atom stereocenters. The van der Waals surface area contributed by atoms with Crippen molar-refractivity contribution in [3.63, 3.8) is 0 Å². The number of hydrogen-bond donors (Lipinski definition) is 2. The number of benzene rings is 1. The number of aromatic nitrogens is 2. The van der Waals surface area contributed by atoms with Crippen molar-refractivity contribution in [2.24, 2.45) is 5.92 Å². The van der Waals surface area contributed by atoms with E-state index in [-0.39, 0.29) is 18.1 Å². The van der Waals surface area contributed by atoms with E-state index in [0.717, 1.165) is 53.4 Å². The van der Waals surface area contributed by atoms with E-state index in [1.165, 1.54) is 6.20 Å². The number of fused-ring (bicyclic) bond motifs is 3. The molecule has 180 valence electrons. The van der Waals surface area contributed by atoms with Crippen LogP contribution in [-0.2, 0) is 17.9 Å². The Labute approximate surface area is 204 Å². The van der Waals surface area contributed by atoms with E-state index < -0.39 is 0 Å². The molecule has 1 aromatic carbocycles. The van der Waals surface area contributed by atoms with Gasteiger partial charge < -0.3 is 20.5 Å². The monoisotopic (exact) mass is 471 g/mol. The molecule has 2 aromatic heterocycles. The maximum absolute atomic E-state index is 13.8. The molecule has 1 atom stereocenters. The van der Waals surface area contributed by atoms with Gasteiger partial charge in [0.25, 0.3) is 5.91 Å². The van der Waals surface area contributed by atoms with Crippen LogP contribution in [0.3, 0.4) is 0 Å². The summed E-state index contributed by atoms with van der Waals surface area (Å²) in [5.74, 6) is 0.715. The number of nitrogen functional groups attached to an aromatic ring is 1. The SMILES string of the molecule is C[C@H]1OCc2c1c(N)nc1ccc(C(=O)N(Cc3ccc(C#N)cn3)CC3CCC(O)CC3)cc21. The van der Waals surface area contributed by atoms with E-state index in [4.69, 9.17) is 15.7 Å². The summed E-state index contributed by atoms with van der Waals surface area (Å²) in [5.41, 5.74) is 10.6. The van der Waals surface area contributed by atoms with Crippen molar-refractivity contribution in [3.05, 3.63) is 64.5 Å². The maximum atomic E-state index is 13.8. The molecule has 0 radical (unpaired) electrons. The number of aliphatic hydroxyl groups excluding tert-OH is 1. The highest BCUT2D eigenvalue weighted by Crippen LogP contribution is 2.38. The van der Waals surface area contributed by atoms with Crippen LogP contribution < -0.4 is 5.73 Å². The minimum Gasteiger partial charge on any atom is -0.393 e. The lowest BCUT2D eigenvalue weighted by Gasteiger charge is -2.31. The second-order valence-electron chi connectivity index (χ2n) is 9.58. The molecule has 8 nitrogen and oxygen atoms in total. The van der Waals surface area contributed by atoms with Crippen LogP contribution in [-0.4, -0.2) is 38.5 Å². The number of nitriles is 1. The topological polar surface area (TPSA) is 125 Å². The summed E-state index contributed by atoms with van der Waals surface area (Å²) in [6.07, 6.45) is 4.45. The summed E-state index contributed by atoms with van der Waals surface area (Å²) in [6.45, 7) is 3.34. The van der Waals surface area contributed by atoms with Crippen LogP contribution in [0.2, 0.25) is 0 Å². The fourth-order valence-corrected chi connectivity index (χ4v) is 5.22. The van der Waals surface area contributed by atoms with Crippen molar-refractivity contribution >= 4 is 22.6 Å². The number of nitrogens with zero attached hydrogens (tertiary/aromatic N) is 4. The number of hydrogen-bond acceptors (Lipinski definition) is 7. The molecule has 35 heavy (non-hydrogen) atoms. The standard InChI is InChI=1S/C27H29N5O3/c1-16-25-23(15-35-16)22-10-19(5-9-24(22)31-26(25)29)27(34)32(13-17-3-7-21(33)8-4-17)14-20-6-2-18(11-28)12-30-20/h2,5-6,9-10,12,16-17,21,33H,3-4,7-8,13-15H2,1H3,(H2,29,31)/t16-,17?,21?/m1/s1. The Hall–Kier alpha value is -3.54. The van der Waals surface area contributed by atoms with Gasteiger partial charge in [-0.2, -0.15) is 5.26 Å². The van der Waals surface area contributed by atoms with Gasteiger partial charge in [0.15, 0.2) is 0 Å². The second kappa shape index (κ2) is 9.61. The largest absolute Gasteiger partial charge is 0.393 e. The zero-order valence-corrected chi connectivity index (χ0v) is 19.8. The molecule has 1 aliphatic heterocycles. The third-order valence-corrected chi connectivity index (χ3v) is 7.18. The second-order valence-corrected chi connectivity index (χ2v) is 9.58. The normalized spacial score (nSPS) is 21.5. The Morgan fingerprint density at radius 1 is 1.26 bits per heavy atom. The molecule has 0 bridgehead atoms. The number of carbonyl (C=O) groups is 1. The smallest absolute Gasteiger partial charge is 0.254 e. The summed E-state index contributed by atoms with van der Waals surface area (Å²) in [4.78, 5) is 24.6. The lowest BCUT2D eigenvalue weighted by molar-refractivity contribution is 0.0634. The van der Waals surface area contributed by atoms with Gasteiger partial charge >= 0.3 is 0 Å². The molecular formula is C27H29N5O3. The minimum atomic E-state index is -0.247. The fourth-order valence-electron chi connectivity index (χ4n) is 5.22. The average Bonchev–Trinajstić information content (AvgIpc) is 3.27. The Bertz CT molecular complexity index is 1290. The molecule has 1 amide bonds. The predicted molar refractivity (Wildman–Crippen MR) is 131 cm³/mol. The number of carbonyl (C=O) groups excluding carboxylic acids is 1. The van der Waals surface area contributed by atoms with Crippen LogP contribution in [0.1, 0.15) is 71.5 Å². The van der Waals surface area contributed by atoms with Crippen LogP contribution in [0.15, 0.2) is 36.5 Å². The summed E-state index contributed by atoms with van der Waals surface area (Å²) < 4.78 is 5.80. The number of nitrogens with two attached hydrogens (primary N) is 1. The summed E-state index contributed by atoms with van der Waals surface area (Å²) in [7, 11) is 0. The lowest BCUT2D eigenvalue weighted by Crippen LogP contribution is -2.37. The maximum Gasteiger partial charge on any atom is 0.254 e. The molecule has 0 saturated heterocycles. The zero-order valence-electron chi connectivity index (χ0n) is 19.8. The van der Waals surface area contributed by atoms with Gasteiger partial charge in [-0.15, -0.1) is 0 Å². The number of rotatable bonds is 5. The fraction of sp³-hybridized carbons (Fsp3) is 0.407. The highest BCUT2D eigenvalue weighted by molar-refractivity contribution is 5.99. The first-order valence-corrected chi connectivity index (χ1v) is 12.1. The molecule has 0 spiro atoms. The first-order valence-electron chi connectivity index (χ1n) is 12.1. The van der Waals surface area contributed by atoms with Gasteiger partial charge in [-0.3, -0.25) is 9.78 Å². The van der Waals surface area contributed by atoms with Crippen molar-refractivity contribution < 1.29 is 14.6 Å². The molecule has 2 aliphatic rings. The van der Waals surface area contributed by atoms with Gasteiger partial charge in [-0.05, 0) is 74.4 Å². The van der Waals surface area contributed by atoms with Gasteiger partial charge in [0.05, 0.1) is 42.1 Å². The molecule has 5 rings (SSSR count). The summed E-state index contributed by atoms with van der Waals surface area (Å²) in [6, 6.07) is 11.1. The predicted octanol–water partition coefficient (Wildman–Crippen LogP) is 3.87. The number of ether oxygens (including phenoxy) is 1. The number of pyridine rings is 2. The Kier molecular flexibility index (Phi) is 6.37. The number of anilines is 1. The first kappa shape index (κ1) is 23.2. The van der Waals surface area contributed by atoms with Gasteiger partial charge in [-0.25, -0.2) is 4.98 Å². The molecule has 8 heteroatoms. The molecule has 1 fully saturated rings. The van der Waals surface area contributed by atoms with Crippen molar-refractivity contribution in [2.45, 2.75) is 58.0 Å². The van der Waals surface area contributed by atoms with E-state index in [1.54, 1.807) is 18.2 Å². The highest BCUT2D eigenvalue weighted by atomic mass is 16.5. The van der Waals surface area contributed by atoms with Crippen molar-refractivity contribution in [3.8, 4) is 6.07 Å². The van der Waals surface area contributed by atoms with Crippen LogP contribution in [0.5, 0.6) is 0 Å². The molecule has 3 N–H and O–H groups in total. The van der Waals surface area contributed by atoms with E-state index in [0.29, 0.717) is 42.6 Å². The van der Waals surface area contributed by atoms with E-state index in [9.17, 15) is 9.90 Å². The summed E-state index contributed by atoms with van der Waals surface area (Å²) in [5, 5.41) is 19.9. The number of amides is 1. The third-order valence-electron chi connectivity index (χ3n) is 7.18. The lowest BCUT2D eigenvalue weighted by atomic mass is 9.87. The molecule has 1 saturated carbocycles. The average molecular weight is 472 g/mol. The van der Waals surface area contributed by atoms with E-state index in [2.05, 4.69) is 16.0 Å². The molecule has 3 aromatic rings. The van der Waals surface area contributed by atoms with Crippen LogP contribution in [0.4, 0.5) is 5.82 Å².